The minimum atomic E-state index is -0.199. The van der Waals surface area contributed by atoms with Gasteiger partial charge in [-0.05, 0) is 44.0 Å². The lowest BCUT2D eigenvalue weighted by Gasteiger charge is -2.37. The summed E-state index contributed by atoms with van der Waals surface area (Å²) in [6.07, 6.45) is 2.25. The fourth-order valence-electron chi connectivity index (χ4n) is 4.56. The number of ether oxygens (including phenoxy) is 1. The third-order valence-electron chi connectivity index (χ3n) is 6.66. The van der Waals surface area contributed by atoms with Crippen LogP contribution in [0.4, 0.5) is 11.4 Å². The van der Waals surface area contributed by atoms with Gasteiger partial charge >= 0.3 is 0 Å². The van der Waals surface area contributed by atoms with Gasteiger partial charge in [-0.2, -0.15) is 0 Å². The average Bonchev–Trinajstić information content (AvgIpc) is 3.35. The van der Waals surface area contributed by atoms with Crippen molar-refractivity contribution in [1.29, 1.82) is 0 Å². The molecule has 0 spiro atoms. The van der Waals surface area contributed by atoms with E-state index in [0.29, 0.717) is 6.54 Å². The summed E-state index contributed by atoms with van der Waals surface area (Å²) in [5.41, 5.74) is 1.98. The molecule has 3 saturated heterocycles. The molecule has 0 saturated carbocycles. The Balaban J connectivity index is 1.22. The predicted molar refractivity (Wildman–Crippen MR) is 121 cm³/mol. The number of likely N-dealkylation sites (tertiary alicyclic amines) is 1. The molecule has 0 aliphatic carbocycles. The Morgan fingerprint density at radius 1 is 0.935 bits per heavy atom. The maximum Gasteiger partial charge on any atom is 0.241 e. The molecule has 0 aromatic heterocycles. The summed E-state index contributed by atoms with van der Waals surface area (Å²) in [7, 11) is 0. The van der Waals surface area contributed by atoms with Crippen molar-refractivity contribution in [3.8, 4) is 0 Å². The second-order valence-electron chi connectivity index (χ2n) is 8.71. The van der Waals surface area contributed by atoms with E-state index >= 15 is 0 Å². The van der Waals surface area contributed by atoms with E-state index in [1.165, 1.54) is 0 Å². The van der Waals surface area contributed by atoms with Gasteiger partial charge < -0.3 is 19.9 Å². The van der Waals surface area contributed by atoms with Crippen molar-refractivity contribution in [1.82, 2.24) is 14.7 Å². The fraction of sp³-hybridized carbons (Fsp3) is 0.652. The number of anilines is 2. The SMILES string of the molecule is CC(C(=O)Nc1ccc(N2CCOCC2)cc1)N1CCN(CC(=O)N2CCCC2)CC1. The van der Waals surface area contributed by atoms with E-state index in [4.69, 9.17) is 4.74 Å². The van der Waals surface area contributed by atoms with Gasteiger partial charge in [0, 0.05) is 63.7 Å². The van der Waals surface area contributed by atoms with Gasteiger partial charge in [0.05, 0.1) is 25.8 Å². The number of benzene rings is 1. The van der Waals surface area contributed by atoms with Crippen LogP contribution in [-0.4, -0.2) is 105 Å². The second kappa shape index (κ2) is 10.4. The second-order valence-corrected chi connectivity index (χ2v) is 8.71. The first-order chi connectivity index (χ1) is 15.1. The molecule has 4 rings (SSSR count). The maximum atomic E-state index is 12.8. The molecule has 1 N–H and O–H groups in total. The van der Waals surface area contributed by atoms with Gasteiger partial charge in [-0.1, -0.05) is 0 Å². The van der Waals surface area contributed by atoms with Crippen LogP contribution in [0.15, 0.2) is 24.3 Å². The topological polar surface area (TPSA) is 68.4 Å². The molecule has 8 heteroatoms. The quantitative estimate of drug-likeness (QED) is 0.730. The summed E-state index contributed by atoms with van der Waals surface area (Å²) in [4.78, 5) is 33.8. The van der Waals surface area contributed by atoms with E-state index in [9.17, 15) is 9.59 Å². The van der Waals surface area contributed by atoms with Crippen molar-refractivity contribution in [2.45, 2.75) is 25.8 Å². The van der Waals surface area contributed by atoms with E-state index in [-0.39, 0.29) is 17.9 Å². The Kier molecular flexibility index (Phi) is 7.42. The van der Waals surface area contributed by atoms with Crippen LogP contribution in [-0.2, 0) is 14.3 Å². The Hall–Kier alpha value is -2.16. The van der Waals surface area contributed by atoms with Crippen LogP contribution < -0.4 is 10.2 Å². The number of hydrogen-bond donors (Lipinski definition) is 1. The molecular weight excluding hydrogens is 394 g/mol. The minimum absolute atomic E-state index is 0.0146. The predicted octanol–water partition coefficient (Wildman–Crippen LogP) is 1.09. The third-order valence-corrected chi connectivity index (χ3v) is 6.66. The molecule has 3 fully saturated rings. The Morgan fingerprint density at radius 3 is 2.23 bits per heavy atom. The lowest BCUT2D eigenvalue weighted by Crippen LogP contribution is -2.54. The third kappa shape index (κ3) is 5.75. The molecule has 3 heterocycles. The molecule has 3 aliphatic rings. The van der Waals surface area contributed by atoms with Gasteiger partial charge in [0.2, 0.25) is 11.8 Å². The van der Waals surface area contributed by atoms with Crippen LogP contribution in [0.2, 0.25) is 0 Å². The number of morpholine rings is 1. The fourth-order valence-corrected chi connectivity index (χ4v) is 4.56. The lowest BCUT2D eigenvalue weighted by molar-refractivity contribution is -0.132. The van der Waals surface area contributed by atoms with Crippen molar-refractivity contribution in [3.05, 3.63) is 24.3 Å². The molecular formula is C23H35N5O3. The smallest absolute Gasteiger partial charge is 0.241 e. The molecule has 8 nitrogen and oxygen atoms in total. The summed E-state index contributed by atoms with van der Waals surface area (Å²) in [6, 6.07) is 7.85. The van der Waals surface area contributed by atoms with Gasteiger partial charge in [-0.15, -0.1) is 0 Å². The summed E-state index contributed by atoms with van der Waals surface area (Å²) < 4.78 is 5.41. The number of nitrogens with zero attached hydrogens (tertiary/aromatic N) is 4. The first kappa shape index (κ1) is 22.0. The van der Waals surface area contributed by atoms with Gasteiger partial charge in [-0.25, -0.2) is 0 Å². The summed E-state index contributed by atoms with van der Waals surface area (Å²) in [6.45, 7) is 10.9. The Morgan fingerprint density at radius 2 is 1.58 bits per heavy atom. The zero-order chi connectivity index (χ0) is 21.6. The van der Waals surface area contributed by atoms with Crippen molar-refractivity contribution in [2.75, 3.05) is 82.3 Å². The summed E-state index contributed by atoms with van der Waals surface area (Å²) in [5, 5.41) is 3.05. The van der Waals surface area contributed by atoms with Gasteiger partial charge in [0.1, 0.15) is 0 Å². The van der Waals surface area contributed by atoms with E-state index in [1.807, 2.05) is 24.0 Å². The van der Waals surface area contributed by atoms with Crippen LogP contribution in [0.3, 0.4) is 0 Å². The molecule has 2 amide bonds. The van der Waals surface area contributed by atoms with E-state index in [2.05, 4.69) is 32.1 Å². The van der Waals surface area contributed by atoms with Gasteiger partial charge in [0.15, 0.2) is 0 Å². The van der Waals surface area contributed by atoms with Crippen molar-refractivity contribution in [2.24, 2.45) is 0 Å². The lowest BCUT2D eigenvalue weighted by atomic mass is 10.2. The van der Waals surface area contributed by atoms with Crippen LogP contribution in [0.25, 0.3) is 0 Å². The molecule has 31 heavy (non-hydrogen) atoms. The number of carbonyl (C=O) groups excluding carboxylic acids is 2. The molecule has 1 unspecified atom stereocenters. The van der Waals surface area contributed by atoms with Crippen LogP contribution in [0.1, 0.15) is 19.8 Å². The number of nitrogens with one attached hydrogen (secondary N) is 1. The number of carbonyl (C=O) groups is 2. The first-order valence-electron chi connectivity index (χ1n) is 11.6. The van der Waals surface area contributed by atoms with Crippen molar-refractivity contribution >= 4 is 23.2 Å². The van der Waals surface area contributed by atoms with Gasteiger partial charge in [-0.3, -0.25) is 19.4 Å². The Bertz CT molecular complexity index is 736. The number of amides is 2. The maximum absolute atomic E-state index is 12.8. The minimum Gasteiger partial charge on any atom is -0.378 e. The summed E-state index contributed by atoms with van der Waals surface area (Å²) >= 11 is 0. The molecule has 1 aromatic carbocycles. The molecule has 0 radical (unpaired) electrons. The average molecular weight is 430 g/mol. The van der Waals surface area contributed by atoms with Crippen LogP contribution >= 0.6 is 0 Å². The zero-order valence-corrected chi connectivity index (χ0v) is 18.6. The van der Waals surface area contributed by atoms with Crippen LogP contribution in [0.5, 0.6) is 0 Å². The number of hydrogen-bond acceptors (Lipinski definition) is 6. The normalized spacial score (nSPS) is 21.8. The highest BCUT2D eigenvalue weighted by Crippen LogP contribution is 2.19. The Labute approximate surface area is 185 Å². The summed E-state index contributed by atoms with van der Waals surface area (Å²) in [5.74, 6) is 0.262. The van der Waals surface area contributed by atoms with E-state index in [0.717, 1.165) is 89.8 Å². The first-order valence-corrected chi connectivity index (χ1v) is 11.6. The molecule has 3 aliphatic heterocycles. The highest BCUT2D eigenvalue weighted by Gasteiger charge is 2.28. The van der Waals surface area contributed by atoms with E-state index < -0.39 is 0 Å². The number of rotatable bonds is 6. The molecule has 170 valence electrons. The largest absolute Gasteiger partial charge is 0.378 e. The molecule has 0 bridgehead atoms. The molecule has 1 atom stereocenters. The highest BCUT2D eigenvalue weighted by molar-refractivity contribution is 5.94. The van der Waals surface area contributed by atoms with Gasteiger partial charge in [0.25, 0.3) is 0 Å². The highest BCUT2D eigenvalue weighted by atomic mass is 16.5. The van der Waals surface area contributed by atoms with Crippen LogP contribution in [0, 0.1) is 0 Å². The number of piperazine rings is 1. The van der Waals surface area contributed by atoms with Crippen molar-refractivity contribution < 1.29 is 14.3 Å². The molecule has 1 aromatic rings. The van der Waals surface area contributed by atoms with Crippen molar-refractivity contribution in [3.63, 3.8) is 0 Å². The standard InChI is InChI=1S/C23H35N5O3/c1-19(26-12-10-25(11-13-26)18-22(29)28-8-2-3-9-28)23(30)24-20-4-6-21(7-5-20)27-14-16-31-17-15-27/h4-7,19H,2-3,8-18H2,1H3,(H,24,30). The zero-order valence-electron chi connectivity index (χ0n) is 18.6. The monoisotopic (exact) mass is 429 g/mol. The van der Waals surface area contributed by atoms with E-state index in [1.54, 1.807) is 0 Å².